The number of rotatable bonds is 4. The molecule has 23 heavy (non-hydrogen) atoms. The predicted molar refractivity (Wildman–Crippen MR) is 68.6 cm³/mol. The smallest absolute Gasteiger partial charge is 0.189 e. The Morgan fingerprint density at radius 3 is 1.22 bits per heavy atom. The van der Waals surface area contributed by atoms with Crippen molar-refractivity contribution in [3.8, 4) is 0 Å². The van der Waals surface area contributed by atoms with Crippen LogP contribution in [0.2, 0.25) is 0 Å². The summed E-state index contributed by atoms with van der Waals surface area (Å²) in [6.07, 6.45) is -15.6. The van der Waals surface area contributed by atoms with Crippen LogP contribution < -0.4 is 0 Å². The molecule has 8 N–H and O–H groups in total. The second kappa shape index (κ2) is 7.63. The van der Waals surface area contributed by atoms with Gasteiger partial charge in [-0.05, 0) is 0 Å². The van der Waals surface area contributed by atoms with Gasteiger partial charge in [-0.1, -0.05) is 0 Å². The molecule has 2 aliphatic rings. The van der Waals surface area contributed by atoms with E-state index in [9.17, 15) is 30.6 Å². The second-order valence-electron chi connectivity index (χ2n) is 5.53. The largest absolute Gasteiger partial charge is 0.394 e. The third kappa shape index (κ3) is 3.65. The molecule has 10 atom stereocenters. The molecule has 0 bridgehead atoms. The van der Waals surface area contributed by atoms with Gasteiger partial charge < -0.3 is 55.1 Å². The first-order valence-electron chi connectivity index (χ1n) is 7.08. The molecule has 0 aromatic rings. The van der Waals surface area contributed by atoms with E-state index in [2.05, 4.69) is 0 Å². The Kier molecular flexibility index (Phi) is 6.27. The molecule has 0 aromatic carbocycles. The maximum atomic E-state index is 9.84. The molecule has 0 aliphatic carbocycles. The lowest BCUT2D eigenvalue weighted by atomic mass is 9.98. The lowest BCUT2D eigenvalue weighted by Crippen LogP contribution is -2.63. The Morgan fingerprint density at radius 1 is 0.565 bits per heavy atom. The van der Waals surface area contributed by atoms with Gasteiger partial charge in [0, 0.05) is 0 Å². The third-order valence-corrected chi connectivity index (χ3v) is 3.97. The minimum absolute atomic E-state index is 0.667. The Balaban J connectivity index is 2.07. The fourth-order valence-corrected chi connectivity index (χ4v) is 2.49. The summed E-state index contributed by atoms with van der Waals surface area (Å²) >= 11 is 0. The van der Waals surface area contributed by atoms with Crippen LogP contribution in [0, 0.1) is 0 Å². The van der Waals surface area contributed by atoms with Crippen LogP contribution in [0.1, 0.15) is 0 Å². The van der Waals surface area contributed by atoms with Gasteiger partial charge in [0.15, 0.2) is 12.6 Å². The zero-order valence-corrected chi connectivity index (χ0v) is 12.0. The van der Waals surface area contributed by atoms with Gasteiger partial charge in [-0.2, -0.15) is 0 Å². The SMILES string of the molecule is OC[C@@H]1O[C@H](O[C@H]2O[C@H](CO)[C@@H](O)[C@H](O)[C@H]2O)[C@@H](O)[C@H](O)[C@H]1O. The summed E-state index contributed by atoms with van der Waals surface area (Å²) < 4.78 is 15.3. The first-order chi connectivity index (χ1) is 10.8. The highest BCUT2D eigenvalue weighted by molar-refractivity contribution is 4.92. The molecule has 2 fully saturated rings. The Labute approximate surface area is 130 Å². The zero-order valence-electron chi connectivity index (χ0n) is 12.0. The summed E-state index contributed by atoms with van der Waals surface area (Å²) in [6, 6.07) is 0. The van der Waals surface area contributed by atoms with Gasteiger partial charge >= 0.3 is 0 Å². The monoisotopic (exact) mass is 342 g/mol. The van der Waals surface area contributed by atoms with Crippen molar-refractivity contribution in [3.05, 3.63) is 0 Å². The number of aliphatic hydroxyl groups is 8. The average molecular weight is 342 g/mol. The van der Waals surface area contributed by atoms with E-state index in [4.69, 9.17) is 24.4 Å². The van der Waals surface area contributed by atoms with E-state index in [1.807, 2.05) is 0 Å². The molecule has 0 saturated carbocycles. The minimum Gasteiger partial charge on any atom is -0.394 e. The fraction of sp³-hybridized carbons (Fsp3) is 1.00. The van der Waals surface area contributed by atoms with Crippen molar-refractivity contribution >= 4 is 0 Å². The molecule has 11 heteroatoms. The number of hydrogen-bond donors (Lipinski definition) is 8. The van der Waals surface area contributed by atoms with Crippen LogP contribution in [-0.4, -0.2) is 115 Å². The second-order valence-corrected chi connectivity index (χ2v) is 5.53. The Hall–Kier alpha value is -0.440. The summed E-state index contributed by atoms with van der Waals surface area (Å²) in [4.78, 5) is 0. The summed E-state index contributed by atoms with van der Waals surface area (Å²) in [5.41, 5.74) is 0. The van der Waals surface area contributed by atoms with Crippen molar-refractivity contribution in [2.24, 2.45) is 0 Å². The highest BCUT2D eigenvalue weighted by atomic mass is 16.8. The Morgan fingerprint density at radius 2 is 0.913 bits per heavy atom. The molecule has 11 nitrogen and oxygen atoms in total. The lowest BCUT2D eigenvalue weighted by molar-refractivity contribution is -0.376. The molecule has 0 amide bonds. The molecule has 2 heterocycles. The average Bonchev–Trinajstić information content (AvgIpc) is 2.55. The van der Waals surface area contributed by atoms with Gasteiger partial charge in [0.2, 0.25) is 0 Å². The van der Waals surface area contributed by atoms with E-state index in [0.717, 1.165) is 0 Å². The first-order valence-corrected chi connectivity index (χ1v) is 7.08. The van der Waals surface area contributed by atoms with Crippen LogP contribution in [-0.2, 0) is 14.2 Å². The van der Waals surface area contributed by atoms with Crippen molar-refractivity contribution in [2.45, 2.75) is 61.4 Å². The maximum Gasteiger partial charge on any atom is 0.189 e. The minimum atomic E-state index is -1.72. The molecule has 0 spiro atoms. The van der Waals surface area contributed by atoms with Gasteiger partial charge in [-0.15, -0.1) is 0 Å². The first kappa shape index (κ1) is 18.9. The van der Waals surface area contributed by atoms with Crippen LogP contribution in [0.3, 0.4) is 0 Å². The topological polar surface area (TPSA) is 190 Å². The van der Waals surface area contributed by atoms with E-state index in [0.29, 0.717) is 0 Å². The van der Waals surface area contributed by atoms with Crippen LogP contribution in [0.25, 0.3) is 0 Å². The highest BCUT2D eigenvalue weighted by Crippen LogP contribution is 2.27. The molecule has 2 rings (SSSR count). The van der Waals surface area contributed by atoms with Crippen molar-refractivity contribution in [1.29, 1.82) is 0 Å². The fourth-order valence-electron chi connectivity index (χ4n) is 2.49. The number of aliphatic hydroxyl groups excluding tert-OH is 8. The Bertz CT molecular complexity index is 344. The van der Waals surface area contributed by atoms with Crippen LogP contribution >= 0.6 is 0 Å². The lowest BCUT2D eigenvalue weighted by Gasteiger charge is -2.44. The number of hydrogen-bond acceptors (Lipinski definition) is 11. The molecule has 136 valence electrons. The molecule has 0 unspecified atom stereocenters. The van der Waals surface area contributed by atoms with Crippen molar-refractivity contribution in [1.82, 2.24) is 0 Å². The van der Waals surface area contributed by atoms with E-state index >= 15 is 0 Å². The molecular formula is C12H22O11. The molecular weight excluding hydrogens is 320 g/mol. The predicted octanol–water partition coefficient (Wildman–Crippen LogP) is -5.40. The van der Waals surface area contributed by atoms with E-state index in [1.54, 1.807) is 0 Å². The van der Waals surface area contributed by atoms with E-state index < -0.39 is 74.6 Å². The quantitative estimate of drug-likeness (QED) is 0.243. The van der Waals surface area contributed by atoms with Gasteiger partial charge in [-0.25, -0.2) is 0 Å². The maximum absolute atomic E-state index is 9.84. The number of ether oxygens (including phenoxy) is 3. The highest BCUT2D eigenvalue weighted by Gasteiger charge is 2.49. The van der Waals surface area contributed by atoms with E-state index in [1.165, 1.54) is 0 Å². The summed E-state index contributed by atoms with van der Waals surface area (Å²) in [5, 5.41) is 76.4. The normalized spacial score (nSPS) is 51.7. The van der Waals surface area contributed by atoms with Gasteiger partial charge in [0.25, 0.3) is 0 Å². The standard InChI is InChI=1S/C12H22O11/c13-1-3-5(15)7(17)9(19)11(21-3)23-12-10(20)8(18)6(16)4(2-14)22-12/h3-20H,1-2H2/t3-,4+,5-,6+,7+,8-,9-,10+,11-,12-/m1/s1. The van der Waals surface area contributed by atoms with Crippen LogP contribution in [0.5, 0.6) is 0 Å². The van der Waals surface area contributed by atoms with E-state index in [-0.39, 0.29) is 0 Å². The van der Waals surface area contributed by atoms with Crippen LogP contribution in [0.4, 0.5) is 0 Å². The summed E-state index contributed by atoms with van der Waals surface area (Å²) in [5.74, 6) is 0. The van der Waals surface area contributed by atoms with Crippen LogP contribution in [0.15, 0.2) is 0 Å². The summed E-state index contributed by atoms with van der Waals surface area (Å²) in [7, 11) is 0. The van der Waals surface area contributed by atoms with Gasteiger partial charge in [0.05, 0.1) is 13.2 Å². The molecule has 2 saturated heterocycles. The van der Waals surface area contributed by atoms with Gasteiger partial charge in [-0.3, -0.25) is 0 Å². The molecule has 0 radical (unpaired) electrons. The van der Waals surface area contributed by atoms with Crippen molar-refractivity contribution in [2.75, 3.05) is 13.2 Å². The van der Waals surface area contributed by atoms with Crippen molar-refractivity contribution < 1.29 is 55.1 Å². The van der Waals surface area contributed by atoms with Gasteiger partial charge in [0.1, 0.15) is 48.8 Å². The summed E-state index contributed by atoms with van der Waals surface area (Å²) in [6.45, 7) is -1.33. The zero-order chi connectivity index (χ0) is 17.3. The third-order valence-electron chi connectivity index (χ3n) is 3.97. The van der Waals surface area contributed by atoms with Crippen molar-refractivity contribution in [3.63, 3.8) is 0 Å². The molecule has 2 aliphatic heterocycles. The molecule has 0 aromatic heterocycles.